The number of ether oxygens (including phenoxy) is 2. The summed E-state index contributed by atoms with van der Waals surface area (Å²) in [6.45, 7) is 3.71. The number of carbonyl (C=O) groups excluding carboxylic acids is 1. The first-order valence-electron chi connectivity index (χ1n) is 27.8. The first-order valence-corrected chi connectivity index (χ1v) is 27.8. The standard InChI is InChI=1S/C54H107NO9/c1-3-5-7-9-11-13-15-17-19-21-22-23-24-25-27-29-31-33-35-37-39-41-43-48(58)53(62)55-46(45-63-54-52(61)51(60)50(59)49(44-56)64-54)47(57)42-40-38-36-34-32-30-28-26-20-18-16-14-12-10-8-6-4-2/h46-52,54,56-61H,3-45H2,1-2H3,(H,55,62). The number of hydrogen-bond acceptors (Lipinski definition) is 9. The van der Waals surface area contributed by atoms with Crippen LogP contribution < -0.4 is 5.32 Å². The van der Waals surface area contributed by atoms with E-state index < -0.39 is 61.5 Å². The highest BCUT2D eigenvalue weighted by Crippen LogP contribution is 2.23. The quantitative estimate of drug-likeness (QED) is 0.0294. The molecule has 8 unspecified atom stereocenters. The van der Waals surface area contributed by atoms with Crippen LogP contribution in [0.2, 0.25) is 0 Å². The van der Waals surface area contributed by atoms with Crippen LogP contribution in [0.25, 0.3) is 0 Å². The molecule has 1 fully saturated rings. The van der Waals surface area contributed by atoms with Crippen LogP contribution in [0.5, 0.6) is 0 Å². The van der Waals surface area contributed by atoms with Crippen LogP contribution >= 0.6 is 0 Å². The highest BCUT2D eigenvalue weighted by molar-refractivity contribution is 5.80. The molecule has 0 saturated carbocycles. The van der Waals surface area contributed by atoms with Crippen molar-refractivity contribution in [1.82, 2.24) is 5.32 Å². The number of aliphatic hydroxyl groups excluding tert-OH is 6. The Bertz CT molecular complexity index is 988. The van der Waals surface area contributed by atoms with E-state index in [4.69, 9.17) is 9.47 Å². The fourth-order valence-corrected chi connectivity index (χ4v) is 9.29. The lowest BCUT2D eigenvalue weighted by atomic mass is 9.99. The third-order valence-corrected chi connectivity index (χ3v) is 13.8. The van der Waals surface area contributed by atoms with E-state index in [1.165, 1.54) is 212 Å². The molecule has 0 aromatic heterocycles. The molecule has 0 bridgehead atoms. The molecule has 7 N–H and O–H groups in total. The van der Waals surface area contributed by atoms with Gasteiger partial charge in [-0.05, 0) is 12.8 Å². The molecule has 1 saturated heterocycles. The van der Waals surface area contributed by atoms with Crippen molar-refractivity contribution in [3.63, 3.8) is 0 Å². The summed E-state index contributed by atoms with van der Waals surface area (Å²) in [6, 6.07) is -0.889. The van der Waals surface area contributed by atoms with Gasteiger partial charge in [-0.3, -0.25) is 4.79 Å². The summed E-state index contributed by atoms with van der Waals surface area (Å²) in [6.07, 6.45) is 41.6. The van der Waals surface area contributed by atoms with Gasteiger partial charge in [0.2, 0.25) is 5.91 Å². The van der Waals surface area contributed by atoms with Crippen LogP contribution in [-0.2, 0) is 14.3 Å². The number of rotatable bonds is 48. The van der Waals surface area contributed by atoms with Gasteiger partial charge in [0.1, 0.15) is 30.5 Å². The van der Waals surface area contributed by atoms with Gasteiger partial charge < -0.3 is 45.4 Å². The normalized spacial score (nSPS) is 20.4. The Morgan fingerprint density at radius 3 is 1.11 bits per heavy atom. The minimum absolute atomic E-state index is 0.249. The van der Waals surface area contributed by atoms with Gasteiger partial charge in [-0.2, -0.15) is 0 Å². The summed E-state index contributed by atoms with van der Waals surface area (Å²) in [5.41, 5.74) is 0. The molecule has 0 aromatic rings. The molecule has 0 aromatic carbocycles. The molecule has 10 heteroatoms. The second-order valence-electron chi connectivity index (χ2n) is 19.9. The van der Waals surface area contributed by atoms with Crippen LogP contribution in [0.3, 0.4) is 0 Å². The van der Waals surface area contributed by atoms with Crippen molar-refractivity contribution in [1.29, 1.82) is 0 Å². The van der Waals surface area contributed by atoms with Crippen molar-refractivity contribution < 1.29 is 44.9 Å². The molecule has 10 nitrogen and oxygen atoms in total. The molecular weight excluding hydrogens is 807 g/mol. The molecule has 1 rings (SSSR count). The number of nitrogens with one attached hydrogen (secondary N) is 1. The van der Waals surface area contributed by atoms with E-state index in [0.29, 0.717) is 12.8 Å². The van der Waals surface area contributed by atoms with Gasteiger partial charge in [0.05, 0.1) is 25.4 Å². The van der Waals surface area contributed by atoms with Crippen LogP contribution in [0.15, 0.2) is 0 Å². The zero-order valence-corrected chi connectivity index (χ0v) is 41.9. The highest BCUT2D eigenvalue weighted by atomic mass is 16.7. The van der Waals surface area contributed by atoms with Crippen LogP contribution in [0, 0.1) is 0 Å². The molecule has 1 aliphatic heterocycles. The number of unbranched alkanes of at least 4 members (excludes halogenated alkanes) is 37. The van der Waals surface area contributed by atoms with E-state index in [1.54, 1.807) is 0 Å². The summed E-state index contributed by atoms with van der Waals surface area (Å²) in [5, 5.41) is 65.2. The van der Waals surface area contributed by atoms with Crippen molar-refractivity contribution in [2.45, 2.75) is 326 Å². The Kier molecular flexibility index (Phi) is 42.7. The maximum absolute atomic E-state index is 13.1. The van der Waals surface area contributed by atoms with Crippen molar-refractivity contribution in [2.24, 2.45) is 0 Å². The van der Waals surface area contributed by atoms with Crippen molar-refractivity contribution >= 4 is 5.91 Å². The second kappa shape index (κ2) is 44.6. The monoisotopic (exact) mass is 914 g/mol. The van der Waals surface area contributed by atoms with Crippen molar-refractivity contribution in [3.8, 4) is 0 Å². The number of hydrogen-bond donors (Lipinski definition) is 7. The highest BCUT2D eigenvalue weighted by Gasteiger charge is 2.44. The van der Waals surface area contributed by atoms with Crippen molar-refractivity contribution in [3.05, 3.63) is 0 Å². The predicted molar refractivity (Wildman–Crippen MR) is 264 cm³/mol. The molecule has 64 heavy (non-hydrogen) atoms. The Balaban J connectivity index is 2.26. The van der Waals surface area contributed by atoms with Gasteiger partial charge in [-0.1, -0.05) is 264 Å². The zero-order chi connectivity index (χ0) is 46.7. The predicted octanol–water partition coefficient (Wildman–Crippen LogP) is 12.0. The minimum Gasteiger partial charge on any atom is -0.394 e. The van der Waals surface area contributed by atoms with E-state index in [1.807, 2.05) is 0 Å². The van der Waals surface area contributed by atoms with Gasteiger partial charge in [0, 0.05) is 0 Å². The second-order valence-corrected chi connectivity index (χ2v) is 19.9. The molecule has 382 valence electrons. The first-order chi connectivity index (χ1) is 31.3. The van der Waals surface area contributed by atoms with Crippen LogP contribution in [0.4, 0.5) is 0 Å². The maximum Gasteiger partial charge on any atom is 0.249 e. The lowest BCUT2D eigenvalue weighted by molar-refractivity contribution is -0.302. The number of carbonyl (C=O) groups is 1. The minimum atomic E-state index is -1.59. The van der Waals surface area contributed by atoms with Crippen molar-refractivity contribution in [2.75, 3.05) is 13.2 Å². The molecule has 0 aliphatic carbocycles. The maximum atomic E-state index is 13.1. The van der Waals surface area contributed by atoms with E-state index in [2.05, 4.69) is 19.2 Å². The lowest BCUT2D eigenvalue weighted by Gasteiger charge is -2.40. The summed E-state index contributed by atoms with van der Waals surface area (Å²) in [5.74, 6) is -0.577. The molecule has 8 atom stereocenters. The third kappa shape index (κ3) is 33.6. The Hall–Kier alpha value is -0.850. The molecule has 1 amide bonds. The van der Waals surface area contributed by atoms with E-state index in [-0.39, 0.29) is 6.61 Å². The van der Waals surface area contributed by atoms with Gasteiger partial charge in [-0.25, -0.2) is 0 Å². The third-order valence-electron chi connectivity index (χ3n) is 13.8. The zero-order valence-electron chi connectivity index (χ0n) is 41.9. The smallest absolute Gasteiger partial charge is 0.249 e. The summed E-state index contributed by atoms with van der Waals surface area (Å²) >= 11 is 0. The molecule has 0 spiro atoms. The van der Waals surface area contributed by atoms with Crippen LogP contribution in [-0.4, -0.2) is 98.7 Å². The molecule has 0 radical (unpaired) electrons. The summed E-state index contributed by atoms with van der Waals surface area (Å²) in [7, 11) is 0. The SMILES string of the molecule is CCCCCCCCCCCCCCCCCCCCCCCCC(O)C(=O)NC(COC1OC(CO)C(O)C(O)C1O)C(O)CCCCCCCCCCCCCCCCCCC. The van der Waals surface area contributed by atoms with Crippen LogP contribution in [0.1, 0.15) is 277 Å². The largest absolute Gasteiger partial charge is 0.394 e. The van der Waals surface area contributed by atoms with Gasteiger partial charge in [0.25, 0.3) is 0 Å². The summed E-state index contributed by atoms with van der Waals surface area (Å²) in [4.78, 5) is 13.1. The molecule has 1 heterocycles. The Labute approximate surface area is 394 Å². The van der Waals surface area contributed by atoms with E-state index in [9.17, 15) is 35.4 Å². The molecular formula is C54H107NO9. The van der Waals surface area contributed by atoms with E-state index in [0.717, 1.165) is 38.5 Å². The van der Waals surface area contributed by atoms with Gasteiger partial charge >= 0.3 is 0 Å². The topological polar surface area (TPSA) is 169 Å². The average molecular weight is 914 g/mol. The lowest BCUT2D eigenvalue weighted by Crippen LogP contribution is -2.60. The average Bonchev–Trinajstić information content (AvgIpc) is 3.29. The van der Waals surface area contributed by atoms with Gasteiger partial charge in [-0.15, -0.1) is 0 Å². The molecule has 1 aliphatic rings. The van der Waals surface area contributed by atoms with Gasteiger partial charge in [0.15, 0.2) is 6.29 Å². The number of aliphatic hydroxyl groups is 6. The van der Waals surface area contributed by atoms with E-state index >= 15 is 0 Å². The Morgan fingerprint density at radius 1 is 0.469 bits per heavy atom. The first kappa shape index (κ1) is 61.2. The fourth-order valence-electron chi connectivity index (χ4n) is 9.29. The summed E-state index contributed by atoms with van der Waals surface area (Å²) < 4.78 is 11.2. The number of amides is 1. The fraction of sp³-hybridized carbons (Fsp3) is 0.981. The Morgan fingerprint density at radius 2 is 0.781 bits per heavy atom.